The van der Waals surface area contributed by atoms with Gasteiger partial charge in [-0.15, -0.1) is 0 Å². The van der Waals surface area contributed by atoms with Crippen LogP contribution in [-0.4, -0.2) is 0 Å². The number of fused-ring (bicyclic) bond motifs is 6. The maximum Gasteiger partial charge on any atom is 0.0716 e. The Morgan fingerprint density at radius 1 is 0.522 bits per heavy atom. The van der Waals surface area contributed by atoms with Crippen molar-refractivity contribution in [2.45, 2.75) is 28.0 Å². The van der Waals surface area contributed by atoms with Crippen molar-refractivity contribution in [2.75, 3.05) is 0 Å². The van der Waals surface area contributed by atoms with Gasteiger partial charge >= 0.3 is 0 Å². The van der Waals surface area contributed by atoms with Crippen LogP contribution in [-0.2, 0) is 5.41 Å². The van der Waals surface area contributed by atoms with Gasteiger partial charge in [0.2, 0.25) is 0 Å². The Hall–Kier alpha value is -5.11. The summed E-state index contributed by atoms with van der Waals surface area (Å²) in [6.45, 7) is 0. The van der Waals surface area contributed by atoms with E-state index in [0.29, 0.717) is 0 Å². The molecule has 1 heteroatoms. The molecule has 3 aliphatic rings. The van der Waals surface area contributed by atoms with E-state index in [9.17, 15) is 0 Å². The molecule has 2 aliphatic carbocycles. The molecule has 1 atom stereocenters. The Morgan fingerprint density at radius 2 is 1.28 bits per heavy atom. The normalized spacial score (nSPS) is 17.7. The second-order valence-electron chi connectivity index (χ2n) is 12.7. The van der Waals surface area contributed by atoms with Gasteiger partial charge in [0.05, 0.1) is 5.41 Å². The molecule has 46 heavy (non-hydrogen) atoms. The fraction of sp³-hybridized carbons (Fsp3) is 0.0667. The van der Waals surface area contributed by atoms with E-state index in [1.54, 1.807) is 0 Å². The Bertz CT molecular complexity index is 2440. The van der Waals surface area contributed by atoms with E-state index in [2.05, 4.69) is 158 Å². The number of benzene rings is 7. The summed E-state index contributed by atoms with van der Waals surface area (Å²) in [6.07, 6.45) is 6.97. The summed E-state index contributed by atoms with van der Waals surface area (Å²) in [5, 5.41) is 5.32. The predicted octanol–water partition coefficient (Wildman–Crippen LogP) is 12.2. The molecule has 0 saturated heterocycles. The third-order valence-electron chi connectivity index (χ3n) is 10.4. The predicted molar refractivity (Wildman–Crippen MR) is 195 cm³/mol. The van der Waals surface area contributed by atoms with E-state index in [-0.39, 0.29) is 0 Å². The summed E-state index contributed by atoms with van der Waals surface area (Å²) in [7, 11) is 0. The molecule has 0 radical (unpaired) electrons. The lowest BCUT2D eigenvalue weighted by Crippen LogP contribution is -2.30. The molecule has 1 heterocycles. The first-order valence-electron chi connectivity index (χ1n) is 16.2. The maximum absolute atomic E-state index is 2.47. The number of rotatable bonds is 3. The zero-order valence-electron chi connectivity index (χ0n) is 25.3. The first kappa shape index (κ1) is 26.1. The van der Waals surface area contributed by atoms with Crippen molar-refractivity contribution in [1.29, 1.82) is 0 Å². The van der Waals surface area contributed by atoms with Gasteiger partial charge in [-0.2, -0.15) is 0 Å². The molecule has 1 aliphatic heterocycles. The largest absolute Gasteiger partial charge is 0.0888 e. The smallest absolute Gasteiger partial charge is 0.0716 e. The lowest BCUT2D eigenvalue weighted by atomic mass is 9.65. The average molecular weight is 603 g/mol. The van der Waals surface area contributed by atoms with Crippen LogP contribution in [0.25, 0.3) is 49.4 Å². The van der Waals surface area contributed by atoms with Crippen LogP contribution < -0.4 is 0 Å². The van der Waals surface area contributed by atoms with Gasteiger partial charge in [-0.1, -0.05) is 151 Å². The lowest BCUT2D eigenvalue weighted by Gasteiger charge is -2.36. The molecule has 0 nitrogen and oxygen atoms in total. The second kappa shape index (κ2) is 9.94. The Morgan fingerprint density at radius 3 is 2.22 bits per heavy atom. The van der Waals surface area contributed by atoms with Gasteiger partial charge in [0.15, 0.2) is 0 Å². The van der Waals surface area contributed by atoms with Crippen LogP contribution in [0.4, 0.5) is 0 Å². The quantitative estimate of drug-likeness (QED) is 0.194. The SMILES string of the molecule is C1=CC2=C(CC1)c1ccc3ccccc3c1C2(c1ccccc1)c1cccc(-c2ccc3c(c2)Sc2cccc4cccc-3c24)c1. The Kier molecular flexibility index (Phi) is 5.65. The van der Waals surface area contributed by atoms with E-state index >= 15 is 0 Å². The van der Waals surface area contributed by atoms with Crippen LogP contribution in [0.1, 0.15) is 35.1 Å². The van der Waals surface area contributed by atoms with Gasteiger partial charge in [-0.05, 0) is 103 Å². The first-order valence-corrected chi connectivity index (χ1v) is 17.1. The Balaban J connectivity index is 1.21. The molecule has 1 unspecified atom stereocenters. The molecular weight excluding hydrogens is 573 g/mol. The zero-order valence-corrected chi connectivity index (χ0v) is 26.2. The van der Waals surface area contributed by atoms with Gasteiger partial charge in [-0.3, -0.25) is 0 Å². The van der Waals surface area contributed by atoms with Gasteiger partial charge in [0, 0.05) is 15.2 Å². The molecule has 0 amide bonds. The Labute approximate surface area is 273 Å². The van der Waals surface area contributed by atoms with Crippen molar-refractivity contribution < 1.29 is 0 Å². The summed E-state index contributed by atoms with van der Waals surface area (Å²) < 4.78 is 0. The van der Waals surface area contributed by atoms with Gasteiger partial charge < -0.3 is 0 Å². The lowest BCUT2D eigenvalue weighted by molar-refractivity contribution is 0.763. The topological polar surface area (TPSA) is 0 Å². The molecule has 0 saturated carbocycles. The standard InChI is InChI=1S/C45H30S/c1-2-15-33(16-3-1)45(40-21-7-6-19-36(40)39-26-23-29-11-4-5-18-35(29)44(39)45)34-17-8-14-31(27-34)32-24-25-37-38-20-9-12-30-13-10-22-41(43(30)38)46-42(37)28-32/h1-5,7-18,20-28H,6,19H2. The van der Waals surface area contributed by atoms with E-state index in [1.165, 1.54) is 87.0 Å². The minimum atomic E-state index is -0.405. The second-order valence-corrected chi connectivity index (χ2v) is 13.8. The molecule has 7 aromatic rings. The van der Waals surface area contributed by atoms with Crippen LogP contribution in [0.3, 0.4) is 0 Å². The highest BCUT2D eigenvalue weighted by molar-refractivity contribution is 7.99. The van der Waals surface area contributed by atoms with Gasteiger partial charge in [-0.25, -0.2) is 0 Å². The van der Waals surface area contributed by atoms with Gasteiger partial charge in [0.25, 0.3) is 0 Å². The first-order chi connectivity index (χ1) is 22.8. The molecule has 10 rings (SSSR count). The highest BCUT2D eigenvalue weighted by Gasteiger charge is 2.48. The highest BCUT2D eigenvalue weighted by atomic mass is 32.2. The number of hydrogen-bond acceptors (Lipinski definition) is 1. The van der Waals surface area contributed by atoms with Crippen molar-refractivity contribution in [2.24, 2.45) is 0 Å². The fourth-order valence-corrected chi connectivity index (χ4v) is 9.67. The number of hydrogen-bond donors (Lipinski definition) is 0. The zero-order chi connectivity index (χ0) is 30.2. The van der Waals surface area contributed by atoms with Gasteiger partial charge in [0.1, 0.15) is 0 Å². The van der Waals surface area contributed by atoms with Crippen molar-refractivity contribution in [1.82, 2.24) is 0 Å². The van der Waals surface area contributed by atoms with Crippen LogP contribution >= 0.6 is 11.8 Å². The maximum atomic E-state index is 2.47. The van der Waals surface area contributed by atoms with Crippen molar-refractivity contribution >= 4 is 38.9 Å². The number of allylic oxidation sites excluding steroid dienone is 4. The van der Waals surface area contributed by atoms with Crippen molar-refractivity contribution in [3.63, 3.8) is 0 Å². The highest BCUT2D eigenvalue weighted by Crippen LogP contribution is 2.59. The molecule has 0 aromatic heterocycles. The molecule has 0 bridgehead atoms. The molecule has 0 fully saturated rings. The van der Waals surface area contributed by atoms with Crippen LogP contribution in [0.5, 0.6) is 0 Å². The summed E-state index contributed by atoms with van der Waals surface area (Å²) in [6, 6.07) is 54.7. The summed E-state index contributed by atoms with van der Waals surface area (Å²) >= 11 is 1.90. The van der Waals surface area contributed by atoms with Crippen LogP contribution in [0.2, 0.25) is 0 Å². The monoisotopic (exact) mass is 602 g/mol. The molecule has 216 valence electrons. The minimum Gasteiger partial charge on any atom is -0.0888 e. The van der Waals surface area contributed by atoms with E-state index in [4.69, 9.17) is 0 Å². The minimum absolute atomic E-state index is 0.405. The van der Waals surface area contributed by atoms with E-state index in [0.717, 1.165) is 12.8 Å². The fourth-order valence-electron chi connectivity index (χ4n) is 8.49. The van der Waals surface area contributed by atoms with Crippen molar-refractivity contribution in [3.05, 3.63) is 186 Å². The van der Waals surface area contributed by atoms with E-state index < -0.39 is 5.41 Å². The third-order valence-corrected chi connectivity index (χ3v) is 11.5. The summed E-state index contributed by atoms with van der Waals surface area (Å²) in [5.74, 6) is 0. The van der Waals surface area contributed by atoms with E-state index in [1.807, 2.05) is 11.8 Å². The summed E-state index contributed by atoms with van der Waals surface area (Å²) in [5.41, 5.74) is 13.2. The molecule has 0 spiro atoms. The van der Waals surface area contributed by atoms with Crippen LogP contribution in [0, 0.1) is 0 Å². The molecule has 7 aromatic carbocycles. The summed E-state index contributed by atoms with van der Waals surface area (Å²) in [4.78, 5) is 2.66. The average Bonchev–Trinajstić information content (AvgIpc) is 3.44. The molecular formula is C45H30S. The van der Waals surface area contributed by atoms with Crippen molar-refractivity contribution in [3.8, 4) is 22.3 Å². The third kappa shape index (κ3) is 3.58. The molecule has 0 N–H and O–H groups in total. The van der Waals surface area contributed by atoms with Crippen LogP contribution in [0.15, 0.2) is 173 Å².